The quantitative estimate of drug-likeness (QED) is 0.908. The average molecular weight is 317 g/mol. The minimum atomic E-state index is -0.0992. The van der Waals surface area contributed by atoms with Crippen molar-refractivity contribution in [1.82, 2.24) is 10.3 Å². The number of hydrogen-bond donors (Lipinski definition) is 2. The Morgan fingerprint density at radius 1 is 1.36 bits per heavy atom. The summed E-state index contributed by atoms with van der Waals surface area (Å²) in [5.41, 5.74) is 1.76. The molecule has 4 rings (SSSR count). The smallest absolute Gasteiger partial charge is 0.243 e. The number of fused-ring (bicyclic) bond motifs is 1. The molecule has 0 spiro atoms. The molecule has 1 fully saturated rings. The van der Waals surface area contributed by atoms with Gasteiger partial charge in [0.1, 0.15) is 0 Å². The Labute approximate surface area is 131 Å². The number of amides is 1. The van der Waals surface area contributed by atoms with Crippen molar-refractivity contribution in [2.24, 2.45) is 0 Å². The van der Waals surface area contributed by atoms with E-state index in [1.807, 2.05) is 23.6 Å². The summed E-state index contributed by atoms with van der Waals surface area (Å²) < 4.78 is 10.7. The Kier molecular flexibility index (Phi) is 3.44. The molecule has 7 heteroatoms. The van der Waals surface area contributed by atoms with E-state index >= 15 is 0 Å². The molecule has 2 aromatic rings. The van der Waals surface area contributed by atoms with Crippen LogP contribution in [0.3, 0.4) is 0 Å². The molecule has 1 saturated heterocycles. The fraction of sp³-hybridized carbons (Fsp3) is 0.333. The lowest BCUT2D eigenvalue weighted by Crippen LogP contribution is -2.35. The van der Waals surface area contributed by atoms with Crippen LogP contribution < -0.4 is 20.1 Å². The molecule has 3 heterocycles. The molecular formula is C15H15N3O3S. The fourth-order valence-corrected chi connectivity index (χ4v) is 3.34. The number of rotatable bonds is 3. The highest BCUT2D eigenvalue weighted by Gasteiger charge is 2.23. The predicted molar refractivity (Wildman–Crippen MR) is 83.3 cm³/mol. The Hall–Kier alpha value is -2.12. The third-order valence-corrected chi connectivity index (χ3v) is 4.54. The Morgan fingerprint density at radius 3 is 3.14 bits per heavy atom. The molecule has 2 aliphatic heterocycles. The van der Waals surface area contributed by atoms with Gasteiger partial charge in [0.25, 0.3) is 0 Å². The highest BCUT2D eigenvalue weighted by atomic mass is 32.1. The largest absolute Gasteiger partial charge is 0.454 e. The molecule has 1 atom stereocenters. The molecule has 0 saturated carbocycles. The minimum absolute atomic E-state index is 0.0101. The standard InChI is InChI=1S/C15H15N3O3S/c19-14(10-2-1-5-16-10)18-15-17-11(7-22-15)9-3-4-12-13(6-9)21-8-20-12/h3-4,6-7,10,16H,1-2,5,8H2,(H,17,18,19). The van der Waals surface area contributed by atoms with Gasteiger partial charge in [0.05, 0.1) is 11.7 Å². The van der Waals surface area contributed by atoms with Crippen LogP contribution in [0.5, 0.6) is 11.5 Å². The van der Waals surface area contributed by atoms with E-state index in [9.17, 15) is 4.79 Å². The maximum Gasteiger partial charge on any atom is 0.243 e. The molecule has 0 bridgehead atoms. The van der Waals surface area contributed by atoms with Gasteiger partial charge in [-0.15, -0.1) is 11.3 Å². The van der Waals surface area contributed by atoms with Crippen LogP contribution in [0.25, 0.3) is 11.3 Å². The molecule has 6 nitrogen and oxygen atoms in total. The molecule has 22 heavy (non-hydrogen) atoms. The van der Waals surface area contributed by atoms with Crippen LogP contribution in [-0.2, 0) is 4.79 Å². The lowest BCUT2D eigenvalue weighted by Gasteiger charge is -2.08. The number of aromatic nitrogens is 1. The first-order chi connectivity index (χ1) is 10.8. The highest BCUT2D eigenvalue weighted by Crippen LogP contribution is 2.36. The number of carbonyl (C=O) groups is 1. The van der Waals surface area contributed by atoms with Crippen LogP contribution >= 0.6 is 11.3 Å². The summed E-state index contributed by atoms with van der Waals surface area (Å²) in [6, 6.07) is 5.62. The number of ether oxygens (including phenoxy) is 2. The second kappa shape index (κ2) is 5.58. The van der Waals surface area contributed by atoms with E-state index < -0.39 is 0 Å². The highest BCUT2D eigenvalue weighted by molar-refractivity contribution is 7.14. The third-order valence-electron chi connectivity index (χ3n) is 3.78. The van der Waals surface area contributed by atoms with Crippen molar-refractivity contribution in [3.63, 3.8) is 0 Å². The van der Waals surface area contributed by atoms with Gasteiger partial charge < -0.3 is 20.1 Å². The molecule has 114 valence electrons. The van der Waals surface area contributed by atoms with E-state index in [4.69, 9.17) is 9.47 Å². The van der Waals surface area contributed by atoms with Crippen LogP contribution in [0.1, 0.15) is 12.8 Å². The van der Waals surface area contributed by atoms with Gasteiger partial charge in [0.2, 0.25) is 12.7 Å². The van der Waals surface area contributed by atoms with Crippen LogP contribution in [0.4, 0.5) is 5.13 Å². The molecule has 1 aromatic carbocycles. The maximum absolute atomic E-state index is 12.1. The van der Waals surface area contributed by atoms with Gasteiger partial charge >= 0.3 is 0 Å². The monoisotopic (exact) mass is 317 g/mol. The summed E-state index contributed by atoms with van der Waals surface area (Å²) in [5, 5.41) is 8.60. The summed E-state index contributed by atoms with van der Waals surface area (Å²) in [7, 11) is 0. The van der Waals surface area contributed by atoms with Crippen LogP contribution in [0, 0.1) is 0 Å². The maximum atomic E-state index is 12.1. The SMILES string of the molecule is O=C(Nc1nc(-c2ccc3c(c2)OCO3)cs1)C1CCCN1. The van der Waals surface area contributed by atoms with Crippen molar-refractivity contribution in [2.75, 3.05) is 18.7 Å². The number of thiazole rings is 1. The summed E-state index contributed by atoms with van der Waals surface area (Å²) in [4.78, 5) is 16.6. The molecule has 0 radical (unpaired) electrons. The normalized spacial score (nSPS) is 19.4. The van der Waals surface area contributed by atoms with E-state index in [2.05, 4.69) is 15.6 Å². The van der Waals surface area contributed by atoms with E-state index in [0.717, 1.165) is 42.1 Å². The van der Waals surface area contributed by atoms with Gasteiger partial charge in [0.15, 0.2) is 16.6 Å². The summed E-state index contributed by atoms with van der Waals surface area (Å²) in [5.74, 6) is 1.47. The van der Waals surface area contributed by atoms with Gasteiger partial charge in [-0.25, -0.2) is 4.98 Å². The van der Waals surface area contributed by atoms with E-state index in [0.29, 0.717) is 5.13 Å². The fourth-order valence-electron chi connectivity index (χ4n) is 2.62. The number of nitrogens with one attached hydrogen (secondary N) is 2. The number of anilines is 1. The Morgan fingerprint density at radius 2 is 2.27 bits per heavy atom. The molecule has 1 amide bonds. The van der Waals surface area contributed by atoms with Crippen molar-refractivity contribution in [3.8, 4) is 22.8 Å². The summed E-state index contributed by atoms with van der Waals surface area (Å²) >= 11 is 1.42. The van der Waals surface area contributed by atoms with Crippen molar-refractivity contribution in [1.29, 1.82) is 0 Å². The first-order valence-electron chi connectivity index (χ1n) is 7.19. The molecule has 1 aromatic heterocycles. The molecule has 2 N–H and O–H groups in total. The van der Waals surface area contributed by atoms with E-state index in [-0.39, 0.29) is 18.7 Å². The second-order valence-electron chi connectivity index (χ2n) is 5.24. The van der Waals surface area contributed by atoms with Crippen molar-refractivity contribution in [3.05, 3.63) is 23.6 Å². The van der Waals surface area contributed by atoms with Crippen LogP contribution in [0.15, 0.2) is 23.6 Å². The van der Waals surface area contributed by atoms with Crippen molar-refractivity contribution >= 4 is 22.4 Å². The first-order valence-corrected chi connectivity index (χ1v) is 8.07. The summed E-state index contributed by atoms with van der Waals surface area (Å²) in [6.07, 6.45) is 1.92. The van der Waals surface area contributed by atoms with Gasteiger partial charge in [-0.05, 0) is 37.6 Å². The number of benzene rings is 1. The topological polar surface area (TPSA) is 72.5 Å². The average Bonchev–Trinajstić information content (AvgIpc) is 3.27. The molecular weight excluding hydrogens is 302 g/mol. The third kappa shape index (κ3) is 2.53. The zero-order valence-electron chi connectivity index (χ0n) is 11.8. The van der Waals surface area contributed by atoms with E-state index in [1.165, 1.54) is 11.3 Å². The Bertz CT molecular complexity index is 710. The summed E-state index contributed by atoms with van der Waals surface area (Å²) in [6.45, 7) is 1.16. The molecule has 1 unspecified atom stereocenters. The van der Waals surface area contributed by atoms with E-state index in [1.54, 1.807) is 0 Å². The molecule has 2 aliphatic rings. The van der Waals surface area contributed by atoms with Gasteiger partial charge in [-0.1, -0.05) is 0 Å². The number of carbonyl (C=O) groups excluding carboxylic acids is 1. The van der Waals surface area contributed by atoms with Gasteiger partial charge in [-0.3, -0.25) is 4.79 Å². The number of nitrogens with zero attached hydrogens (tertiary/aromatic N) is 1. The van der Waals surface area contributed by atoms with Gasteiger partial charge in [-0.2, -0.15) is 0 Å². The minimum Gasteiger partial charge on any atom is -0.454 e. The zero-order valence-corrected chi connectivity index (χ0v) is 12.6. The first kappa shape index (κ1) is 13.5. The Balaban J connectivity index is 1.50. The molecule has 0 aliphatic carbocycles. The van der Waals surface area contributed by atoms with Crippen LogP contribution in [-0.4, -0.2) is 30.3 Å². The lowest BCUT2D eigenvalue weighted by atomic mass is 10.1. The van der Waals surface area contributed by atoms with Crippen molar-refractivity contribution < 1.29 is 14.3 Å². The zero-order chi connectivity index (χ0) is 14.9. The lowest BCUT2D eigenvalue weighted by molar-refractivity contribution is -0.117. The number of hydrogen-bond acceptors (Lipinski definition) is 6. The van der Waals surface area contributed by atoms with Gasteiger partial charge in [0, 0.05) is 10.9 Å². The van der Waals surface area contributed by atoms with Crippen molar-refractivity contribution in [2.45, 2.75) is 18.9 Å². The van der Waals surface area contributed by atoms with Crippen LogP contribution in [0.2, 0.25) is 0 Å². The predicted octanol–water partition coefficient (Wildman–Crippen LogP) is 2.23. The second-order valence-corrected chi connectivity index (χ2v) is 6.10.